The van der Waals surface area contributed by atoms with Crippen molar-refractivity contribution in [2.24, 2.45) is 0 Å². The maximum Gasteiger partial charge on any atom is 0.290 e. The van der Waals surface area contributed by atoms with Crippen molar-refractivity contribution in [1.29, 1.82) is 0 Å². The third-order valence-corrected chi connectivity index (χ3v) is 3.84. The molecule has 1 fully saturated rings. The number of nitrogens with zero attached hydrogens (tertiary/aromatic N) is 2. The summed E-state index contributed by atoms with van der Waals surface area (Å²) in [4.78, 5) is 14.4. The normalized spacial score (nSPS) is 16.4. The molecule has 0 amide bonds. The zero-order valence-electron chi connectivity index (χ0n) is 12.5. The molecule has 6 nitrogen and oxygen atoms in total. The highest BCUT2D eigenvalue weighted by Gasteiger charge is 2.13. The molecule has 1 aliphatic rings. The fourth-order valence-electron chi connectivity index (χ4n) is 2.65. The molecule has 0 radical (unpaired) electrons. The van der Waals surface area contributed by atoms with Crippen LogP contribution in [0, 0.1) is 17.0 Å². The summed E-state index contributed by atoms with van der Waals surface area (Å²) >= 11 is 0. The van der Waals surface area contributed by atoms with Gasteiger partial charge in [-0.1, -0.05) is 25.7 Å². The molecule has 1 aromatic rings. The zero-order chi connectivity index (χ0) is 15.1. The van der Waals surface area contributed by atoms with Crippen LogP contribution in [0.4, 0.5) is 11.5 Å². The van der Waals surface area contributed by atoms with Crippen LogP contribution >= 0.6 is 0 Å². The van der Waals surface area contributed by atoms with Crippen LogP contribution in [0.3, 0.4) is 0 Å². The van der Waals surface area contributed by atoms with Crippen molar-refractivity contribution >= 4 is 11.5 Å². The number of hydrogen-bond donors (Lipinski definition) is 1. The maximum atomic E-state index is 10.7. The predicted molar refractivity (Wildman–Crippen MR) is 81.6 cm³/mol. The molecule has 6 heteroatoms. The second-order valence-corrected chi connectivity index (χ2v) is 5.52. The van der Waals surface area contributed by atoms with Gasteiger partial charge in [-0.15, -0.1) is 0 Å². The fraction of sp³-hybridized carbons (Fsp3) is 0.667. The van der Waals surface area contributed by atoms with Crippen molar-refractivity contribution in [2.45, 2.75) is 51.6 Å². The summed E-state index contributed by atoms with van der Waals surface area (Å²) in [7, 11) is 0. The number of anilines is 1. The van der Waals surface area contributed by atoms with Crippen molar-refractivity contribution in [3.63, 3.8) is 0 Å². The van der Waals surface area contributed by atoms with Crippen LogP contribution in [0.15, 0.2) is 12.3 Å². The summed E-state index contributed by atoms with van der Waals surface area (Å²) in [6, 6.07) is 1.70. The molecule has 21 heavy (non-hydrogen) atoms. The molecule has 1 N–H and O–H groups in total. The average molecular weight is 293 g/mol. The van der Waals surface area contributed by atoms with Crippen molar-refractivity contribution in [2.75, 3.05) is 18.5 Å². The number of aromatic nitrogens is 1. The molecule has 1 aliphatic carbocycles. The van der Waals surface area contributed by atoms with Gasteiger partial charge in [-0.25, -0.2) is 4.98 Å². The lowest BCUT2D eigenvalue weighted by Gasteiger charge is -2.15. The summed E-state index contributed by atoms with van der Waals surface area (Å²) in [5.74, 6) is 0.655. The predicted octanol–water partition coefficient (Wildman–Crippen LogP) is 3.45. The van der Waals surface area contributed by atoms with Gasteiger partial charge in [0.25, 0.3) is 5.69 Å². The number of ether oxygens (including phenoxy) is 1. The van der Waals surface area contributed by atoms with Gasteiger partial charge in [-0.05, 0) is 25.8 Å². The third kappa shape index (κ3) is 4.97. The second-order valence-electron chi connectivity index (χ2n) is 5.52. The minimum absolute atomic E-state index is 0.0512. The molecule has 116 valence electrons. The Morgan fingerprint density at radius 3 is 2.71 bits per heavy atom. The molecule has 0 saturated heterocycles. The van der Waals surface area contributed by atoms with Crippen LogP contribution in [0.2, 0.25) is 0 Å². The molecule has 1 heterocycles. The van der Waals surface area contributed by atoms with Crippen LogP contribution in [-0.2, 0) is 4.74 Å². The standard InChI is InChI=1S/C15H23N3O3/c1-12-10-15(17-11-14(12)18(19)20)16-8-9-21-13-6-4-2-3-5-7-13/h10-11,13H,2-9H2,1H3,(H,16,17). The van der Waals surface area contributed by atoms with Crippen molar-refractivity contribution < 1.29 is 9.66 Å². The van der Waals surface area contributed by atoms with E-state index in [2.05, 4.69) is 10.3 Å². The first kappa shape index (κ1) is 15.7. The molecule has 1 saturated carbocycles. The Hall–Kier alpha value is -1.69. The third-order valence-electron chi connectivity index (χ3n) is 3.84. The van der Waals surface area contributed by atoms with Crippen LogP contribution in [0.5, 0.6) is 0 Å². The van der Waals surface area contributed by atoms with E-state index in [0.29, 0.717) is 30.6 Å². The fourth-order valence-corrected chi connectivity index (χ4v) is 2.65. The molecular formula is C15H23N3O3. The number of aryl methyl sites for hydroxylation is 1. The molecule has 0 atom stereocenters. The number of pyridine rings is 1. The van der Waals surface area contributed by atoms with Gasteiger partial charge in [0.05, 0.1) is 17.6 Å². The Kier molecular flexibility index (Phi) is 5.92. The Morgan fingerprint density at radius 1 is 1.38 bits per heavy atom. The highest BCUT2D eigenvalue weighted by atomic mass is 16.6. The van der Waals surface area contributed by atoms with Crippen molar-refractivity contribution in [3.8, 4) is 0 Å². The van der Waals surface area contributed by atoms with E-state index in [1.54, 1.807) is 13.0 Å². The van der Waals surface area contributed by atoms with Crippen molar-refractivity contribution in [1.82, 2.24) is 4.98 Å². The van der Waals surface area contributed by atoms with E-state index in [1.807, 2.05) is 0 Å². The highest BCUT2D eigenvalue weighted by molar-refractivity contribution is 5.46. The van der Waals surface area contributed by atoms with Gasteiger partial charge in [0, 0.05) is 12.1 Å². The second kappa shape index (κ2) is 7.93. The molecule has 0 aromatic carbocycles. The summed E-state index contributed by atoms with van der Waals surface area (Å²) in [5, 5.41) is 13.9. The first-order chi connectivity index (χ1) is 10.2. The highest BCUT2D eigenvalue weighted by Crippen LogP contribution is 2.20. The Balaban J connectivity index is 1.73. The Morgan fingerprint density at radius 2 is 2.10 bits per heavy atom. The van der Waals surface area contributed by atoms with Gasteiger partial charge in [0.2, 0.25) is 0 Å². The molecule has 0 unspecified atom stereocenters. The van der Waals surface area contributed by atoms with Gasteiger partial charge in [0.1, 0.15) is 12.0 Å². The van der Waals surface area contributed by atoms with E-state index in [0.717, 1.165) is 12.8 Å². The summed E-state index contributed by atoms with van der Waals surface area (Å²) in [5.41, 5.74) is 0.664. The number of rotatable bonds is 6. The molecular weight excluding hydrogens is 270 g/mol. The van der Waals surface area contributed by atoms with Crippen LogP contribution in [0.25, 0.3) is 0 Å². The van der Waals surface area contributed by atoms with E-state index in [4.69, 9.17) is 4.74 Å². The quantitative estimate of drug-likeness (QED) is 0.376. The molecule has 0 spiro atoms. The van der Waals surface area contributed by atoms with E-state index >= 15 is 0 Å². The first-order valence-corrected chi connectivity index (χ1v) is 7.63. The topological polar surface area (TPSA) is 77.3 Å². The van der Waals surface area contributed by atoms with Crippen LogP contribution < -0.4 is 5.32 Å². The minimum atomic E-state index is -0.415. The smallest absolute Gasteiger partial charge is 0.290 e. The van der Waals surface area contributed by atoms with Crippen LogP contribution in [-0.4, -0.2) is 29.2 Å². The van der Waals surface area contributed by atoms with Gasteiger partial charge < -0.3 is 10.1 Å². The average Bonchev–Trinajstić information content (AvgIpc) is 2.72. The maximum absolute atomic E-state index is 10.7. The summed E-state index contributed by atoms with van der Waals surface area (Å²) in [6.45, 7) is 3.02. The van der Waals surface area contributed by atoms with E-state index in [1.165, 1.54) is 31.9 Å². The van der Waals surface area contributed by atoms with E-state index in [-0.39, 0.29) is 5.69 Å². The van der Waals surface area contributed by atoms with E-state index < -0.39 is 4.92 Å². The van der Waals surface area contributed by atoms with Gasteiger partial charge in [0.15, 0.2) is 0 Å². The van der Waals surface area contributed by atoms with Gasteiger partial charge >= 0.3 is 0 Å². The lowest BCUT2D eigenvalue weighted by molar-refractivity contribution is -0.385. The lowest BCUT2D eigenvalue weighted by Crippen LogP contribution is -2.18. The van der Waals surface area contributed by atoms with E-state index in [9.17, 15) is 10.1 Å². The van der Waals surface area contributed by atoms with Crippen LogP contribution in [0.1, 0.15) is 44.1 Å². The van der Waals surface area contributed by atoms with Crippen molar-refractivity contribution in [3.05, 3.63) is 27.9 Å². The molecule has 2 rings (SSSR count). The molecule has 1 aromatic heterocycles. The summed E-state index contributed by atoms with van der Waals surface area (Å²) in [6.07, 6.45) is 9.19. The largest absolute Gasteiger partial charge is 0.376 e. The molecule has 0 bridgehead atoms. The zero-order valence-corrected chi connectivity index (χ0v) is 12.5. The van der Waals surface area contributed by atoms with Gasteiger partial charge in [-0.2, -0.15) is 0 Å². The lowest BCUT2D eigenvalue weighted by atomic mass is 10.1. The van der Waals surface area contributed by atoms with Gasteiger partial charge in [-0.3, -0.25) is 10.1 Å². The SMILES string of the molecule is Cc1cc(NCCOC2CCCCCC2)ncc1[N+](=O)[O-]. The number of nitrogens with one attached hydrogen (secondary N) is 1. The molecule has 0 aliphatic heterocycles. The number of nitro groups is 1. The monoisotopic (exact) mass is 293 g/mol. The first-order valence-electron chi connectivity index (χ1n) is 7.63. The number of hydrogen-bond acceptors (Lipinski definition) is 5. The Labute approximate surface area is 125 Å². The minimum Gasteiger partial charge on any atom is -0.376 e. The Bertz CT molecular complexity index is 471. The summed E-state index contributed by atoms with van der Waals surface area (Å²) < 4.78 is 5.88.